The quantitative estimate of drug-likeness (QED) is 0.464. The van der Waals surface area contributed by atoms with E-state index in [-0.39, 0.29) is 0 Å². The van der Waals surface area contributed by atoms with Gasteiger partial charge < -0.3 is 0 Å². The van der Waals surface area contributed by atoms with E-state index >= 15 is 0 Å². The number of rotatable bonds is 4. The molecular formula is C11H27PS2Si2. The van der Waals surface area contributed by atoms with Crippen LogP contribution in [0.15, 0.2) is 0 Å². The van der Waals surface area contributed by atoms with Crippen molar-refractivity contribution in [3.05, 3.63) is 0 Å². The van der Waals surface area contributed by atoms with E-state index in [0.717, 1.165) is 0 Å². The fourth-order valence-corrected chi connectivity index (χ4v) is 19.5. The zero-order valence-electron chi connectivity index (χ0n) is 12.3. The molecule has 0 aromatic rings. The highest BCUT2D eigenvalue weighted by Crippen LogP contribution is 2.39. The Bertz CT molecular complexity index is 239. The van der Waals surface area contributed by atoms with Gasteiger partial charge in [0.2, 0.25) is 0 Å². The summed E-state index contributed by atoms with van der Waals surface area (Å²) in [6.45, 7) is 21.7. The molecule has 0 spiro atoms. The molecule has 0 rings (SSSR count). The first kappa shape index (κ1) is 17.3. The van der Waals surface area contributed by atoms with Gasteiger partial charge in [0.15, 0.2) is 0 Å². The highest BCUT2D eigenvalue weighted by atomic mass is 32.4. The molecule has 0 heterocycles. The summed E-state index contributed by atoms with van der Waals surface area (Å²) in [5, 5.41) is 0.397. The summed E-state index contributed by atoms with van der Waals surface area (Å²) >= 11 is 4.39. The third kappa shape index (κ3) is 11.8. The van der Waals surface area contributed by atoms with Crippen molar-refractivity contribution in [2.45, 2.75) is 65.2 Å². The maximum atomic E-state index is 2.45. The normalized spacial score (nSPS) is 14.3. The predicted molar refractivity (Wildman–Crippen MR) is 93.6 cm³/mol. The molecule has 0 aliphatic rings. The fourth-order valence-electron chi connectivity index (χ4n) is 0.864. The van der Waals surface area contributed by atoms with Gasteiger partial charge in [0.1, 0.15) is 14.4 Å². The molecule has 0 nitrogen and oxygen atoms in total. The second-order valence-corrected chi connectivity index (χ2v) is 28.1. The van der Waals surface area contributed by atoms with Crippen molar-refractivity contribution in [3.63, 3.8) is 0 Å². The molecule has 0 radical (unpaired) electrons. The van der Waals surface area contributed by atoms with Gasteiger partial charge in [0.25, 0.3) is 0 Å². The van der Waals surface area contributed by atoms with Gasteiger partial charge in [-0.05, 0) is 0 Å². The first-order valence-corrected chi connectivity index (χ1v) is 16.7. The van der Waals surface area contributed by atoms with Crippen LogP contribution in [-0.4, -0.2) is 23.6 Å². The maximum absolute atomic E-state index is 2.45. The Labute approximate surface area is 114 Å². The Balaban J connectivity index is 4.87. The summed E-state index contributed by atoms with van der Waals surface area (Å²) in [6.07, 6.45) is 0. The summed E-state index contributed by atoms with van der Waals surface area (Å²) in [5.74, 6) is 0. The van der Waals surface area contributed by atoms with Gasteiger partial charge in [-0.1, -0.05) is 68.3 Å². The van der Waals surface area contributed by atoms with Crippen LogP contribution in [0, 0.1) is 0 Å². The van der Waals surface area contributed by atoms with Crippen molar-refractivity contribution in [1.82, 2.24) is 0 Å². The molecule has 0 unspecified atom stereocenters. The fraction of sp³-hybridized carbons (Fsp3) is 0.909. The van der Waals surface area contributed by atoms with E-state index < -0.39 is 14.4 Å². The molecule has 0 bridgehead atoms. The lowest BCUT2D eigenvalue weighted by Gasteiger charge is -2.25. The summed E-state index contributed by atoms with van der Waals surface area (Å²) in [7, 11) is -0.562. The molecule has 0 N–H and O–H groups in total. The molecule has 5 heteroatoms. The van der Waals surface area contributed by atoms with E-state index in [4.69, 9.17) is 0 Å². The maximum Gasteiger partial charge on any atom is 0.115 e. The van der Waals surface area contributed by atoms with E-state index in [9.17, 15) is 0 Å². The second kappa shape index (κ2) is 5.96. The highest BCUT2D eigenvalue weighted by molar-refractivity contribution is 8.63. The molecule has 0 saturated carbocycles. The van der Waals surface area contributed by atoms with Gasteiger partial charge >= 0.3 is 0 Å². The summed E-state index contributed by atoms with van der Waals surface area (Å²) in [4.78, 5) is 0. The SMILES string of the molecule is CC(C)(C)P=C(S[Si](C)(C)C)S[Si](C)(C)C. The van der Waals surface area contributed by atoms with E-state index in [2.05, 4.69) is 82.5 Å². The average molecular weight is 311 g/mol. The van der Waals surface area contributed by atoms with Crippen molar-refractivity contribution >= 4 is 49.0 Å². The molecule has 0 amide bonds. The summed E-state index contributed by atoms with van der Waals surface area (Å²) in [6, 6.07) is 0. The zero-order chi connectivity index (χ0) is 13.2. The Hall–Kier alpha value is 1.30. The molecule has 0 aromatic carbocycles. The molecule has 16 heavy (non-hydrogen) atoms. The minimum Gasteiger partial charge on any atom is -0.141 e. The van der Waals surface area contributed by atoms with Crippen LogP contribution in [-0.2, 0) is 0 Å². The van der Waals surface area contributed by atoms with Crippen LogP contribution in [0.5, 0.6) is 0 Å². The Morgan fingerprint density at radius 1 is 0.812 bits per heavy atom. The number of hydrogen-bond donors (Lipinski definition) is 0. The average Bonchev–Trinajstić information content (AvgIpc) is 1.70. The standard InChI is InChI=1S/C11H27PS2Si2/c1-11(2,3)12-10(13-15(4,5)6)14-16(7,8)9/h1-9H3. The largest absolute Gasteiger partial charge is 0.141 e. The van der Waals surface area contributed by atoms with Crippen LogP contribution < -0.4 is 0 Å². The summed E-state index contributed by atoms with van der Waals surface area (Å²) in [5.41, 5.74) is 0. The van der Waals surface area contributed by atoms with Gasteiger partial charge in [0.05, 0.1) is 3.96 Å². The van der Waals surface area contributed by atoms with Crippen molar-refractivity contribution in [3.8, 4) is 0 Å². The zero-order valence-corrected chi connectivity index (χ0v) is 16.8. The Kier molecular flexibility index (Phi) is 6.45. The predicted octanol–water partition coefficient (Wildman–Crippen LogP) is 5.95. The second-order valence-electron chi connectivity index (χ2n) is 6.98. The van der Waals surface area contributed by atoms with Crippen molar-refractivity contribution in [2.75, 3.05) is 0 Å². The van der Waals surface area contributed by atoms with Crippen LogP contribution >= 0.6 is 30.6 Å². The van der Waals surface area contributed by atoms with E-state index in [1.807, 2.05) is 0 Å². The monoisotopic (exact) mass is 310 g/mol. The minimum absolute atomic E-state index is 0.397. The van der Waals surface area contributed by atoms with Crippen LogP contribution in [0.4, 0.5) is 0 Å². The first-order valence-electron chi connectivity index (χ1n) is 5.76. The van der Waals surface area contributed by atoms with Crippen LogP contribution in [0.1, 0.15) is 20.8 Å². The van der Waals surface area contributed by atoms with Gasteiger partial charge in [0, 0.05) is 5.16 Å². The molecule has 0 aliphatic carbocycles. The third-order valence-electron chi connectivity index (χ3n) is 1.21. The van der Waals surface area contributed by atoms with Gasteiger partial charge in [-0.15, -0.1) is 22.4 Å². The Morgan fingerprint density at radius 3 is 1.31 bits per heavy atom. The van der Waals surface area contributed by atoms with Gasteiger partial charge in [-0.25, -0.2) is 0 Å². The first-order chi connectivity index (χ1) is 6.79. The van der Waals surface area contributed by atoms with E-state index in [1.54, 1.807) is 3.96 Å². The lowest BCUT2D eigenvalue weighted by Crippen LogP contribution is -2.22. The molecule has 96 valence electrons. The van der Waals surface area contributed by atoms with Crippen molar-refractivity contribution < 1.29 is 0 Å². The van der Waals surface area contributed by atoms with Crippen molar-refractivity contribution in [1.29, 1.82) is 0 Å². The van der Waals surface area contributed by atoms with Gasteiger partial charge in [-0.2, -0.15) is 0 Å². The van der Waals surface area contributed by atoms with Crippen LogP contribution in [0.2, 0.25) is 39.3 Å². The molecule has 0 fully saturated rings. The van der Waals surface area contributed by atoms with Crippen LogP contribution in [0.3, 0.4) is 0 Å². The summed E-state index contributed by atoms with van der Waals surface area (Å²) < 4.78 is 1.67. The molecule has 0 saturated heterocycles. The van der Waals surface area contributed by atoms with E-state index in [0.29, 0.717) is 5.16 Å². The smallest absolute Gasteiger partial charge is 0.115 e. The third-order valence-corrected chi connectivity index (χ3v) is 12.1. The lowest BCUT2D eigenvalue weighted by atomic mass is 10.3. The molecule has 0 aliphatic heterocycles. The topological polar surface area (TPSA) is 0 Å². The molecule has 0 aromatic heterocycles. The number of hydrogen-bond acceptors (Lipinski definition) is 2. The molecule has 0 atom stereocenters. The van der Waals surface area contributed by atoms with Crippen molar-refractivity contribution in [2.24, 2.45) is 0 Å². The van der Waals surface area contributed by atoms with Gasteiger partial charge in [-0.3, -0.25) is 0 Å². The highest BCUT2D eigenvalue weighted by Gasteiger charge is 2.24. The van der Waals surface area contributed by atoms with Crippen LogP contribution in [0.25, 0.3) is 0 Å². The molecular weight excluding hydrogens is 283 g/mol. The minimum atomic E-state index is -1.05. The van der Waals surface area contributed by atoms with E-state index in [1.165, 1.54) is 8.20 Å². The lowest BCUT2D eigenvalue weighted by molar-refractivity contribution is 0.802. The Morgan fingerprint density at radius 2 is 1.12 bits per heavy atom.